The van der Waals surface area contributed by atoms with Crippen molar-refractivity contribution in [2.45, 2.75) is 0 Å². The molecule has 3 N–H and O–H groups in total. The Bertz CT molecular complexity index is 936. The van der Waals surface area contributed by atoms with Crippen LogP contribution in [0.1, 0.15) is 0 Å². The lowest BCUT2D eigenvalue weighted by Crippen LogP contribution is -2.15. The topological polar surface area (TPSA) is 87.1 Å². The van der Waals surface area contributed by atoms with E-state index in [0.29, 0.717) is 27.2 Å². The van der Waals surface area contributed by atoms with E-state index in [2.05, 4.69) is 20.6 Å². The molecule has 0 radical (unpaired) electrons. The van der Waals surface area contributed by atoms with Gasteiger partial charge >= 0.3 is 5.97 Å². The van der Waals surface area contributed by atoms with Crippen LogP contribution in [0, 0.1) is 0 Å². The van der Waals surface area contributed by atoms with E-state index in [0.717, 1.165) is 5.56 Å². The molecule has 0 aliphatic carbocycles. The van der Waals surface area contributed by atoms with Gasteiger partial charge in [-0.25, -0.2) is 4.98 Å². The third-order valence-electron chi connectivity index (χ3n) is 3.39. The third-order valence-corrected chi connectivity index (χ3v) is 4.12. The molecule has 3 rings (SSSR count). The van der Waals surface area contributed by atoms with Gasteiger partial charge in [0, 0.05) is 17.3 Å². The van der Waals surface area contributed by atoms with Crippen molar-refractivity contribution in [3.05, 3.63) is 64.6 Å². The molecule has 132 valence electrons. The summed E-state index contributed by atoms with van der Waals surface area (Å²) in [6.07, 6.45) is 0. The van der Waals surface area contributed by atoms with Crippen molar-refractivity contribution in [1.29, 1.82) is 0 Å². The zero-order chi connectivity index (χ0) is 18.5. The van der Waals surface area contributed by atoms with Crippen LogP contribution < -0.4 is 10.6 Å². The van der Waals surface area contributed by atoms with E-state index in [1.165, 1.54) is 0 Å². The standard InChI is InChI=1S/C18H14Cl2N4O2/c19-13-7-6-12(8-14(13)20)22-16-9-15(11-4-2-1-3-5-11)23-18(24-16)21-10-17(25)26/h1-9H,10H2,(H,25,26)(H2,21,22,23,24). The zero-order valence-electron chi connectivity index (χ0n) is 13.4. The SMILES string of the molecule is O=C(O)CNc1nc(Nc2ccc(Cl)c(Cl)c2)cc(-c2ccccc2)n1. The van der Waals surface area contributed by atoms with Gasteiger partial charge in [0.2, 0.25) is 5.95 Å². The van der Waals surface area contributed by atoms with Crippen LogP contribution in [0.25, 0.3) is 11.3 Å². The van der Waals surface area contributed by atoms with Gasteiger partial charge < -0.3 is 15.7 Å². The van der Waals surface area contributed by atoms with Gasteiger partial charge in [-0.15, -0.1) is 0 Å². The van der Waals surface area contributed by atoms with Crippen molar-refractivity contribution in [3.8, 4) is 11.3 Å². The Kier molecular flexibility index (Phi) is 5.55. The van der Waals surface area contributed by atoms with Crippen LogP contribution in [0.15, 0.2) is 54.6 Å². The molecule has 0 spiro atoms. The first-order valence-corrected chi connectivity index (χ1v) is 8.39. The smallest absolute Gasteiger partial charge is 0.322 e. The van der Waals surface area contributed by atoms with Crippen LogP contribution >= 0.6 is 23.2 Å². The second-order valence-electron chi connectivity index (χ2n) is 5.33. The lowest BCUT2D eigenvalue weighted by atomic mass is 10.1. The Morgan fingerprint density at radius 2 is 1.77 bits per heavy atom. The highest BCUT2D eigenvalue weighted by Gasteiger charge is 2.09. The minimum Gasteiger partial charge on any atom is -0.480 e. The third kappa shape index (κ3) is 4.62. The predicted octanol–water partition coefficient (Wildman–Crippen LogP) is 4.69. The summed E-state index contributed by atoms with van der Waals surface area (Å²) >= 11 is 12.0. The lowest BCUT2D eigenvalue weighted by molar-refractivity contribution is -0.134. The Morgan fingerprint density at radius 3 is 2.46 bits per heavy atom. The zero-order valence-corrected chi connectivity index (χ0v) is 14.9. The molecular formula is C18H14Cl2N4O2. The molecule has 0 unspecified atom stereocenters. The summed E-state index contributed by atoms with van der Waals surface area (Å²) in [7, 11) is 0. The summed E-state index contributed by atoms with van der Waals surface area (Å²) in [5, 5.41) is 15.5. The molecule has 26 heavy (non-hydrogen) atoms. The minimum absolute atomic E-state index is 0.205. The van der Waals surface area contributed by atoms with Gasteiger partial charge in [0.25, 0.3) is 0 Å². The normalized spacial score (nSPS) is 10.4. The number of hydrogen-bond acceptors (Lipinski definition) is 5. The maximum absolute atomic E-state index is 10.8. The number of benzene rings is 2. The average Bonchev–Trinajstić information content (AvgIpc) is 2.64. The van der Waals surface area contributed by atoms with Gasteiger partial charge in [0.1, 0.15) is 12.4 Å². The van der Waals surface area contributed by atoms with Crippen LogP contribution in [0.3, 0.4) is 0 Å². The van der Waals surface area contributed by atoms with Crippen molar-refractivity contribution >= 4 is 46.6 Å². The highest BCUT2D eigenvalue weighted by Crippen LogP contribution is 2.28. The number of nitrogens with zero attached hydrogens (tertiary/aromatic N) is 2. The number of aromatic nitrogens is 2. The van der Waals surface area contributed by atoms with Crippen molar-refractivity contribution in [2.24, 2.45) is 0 Å². The van der Waals surface area contributed by atoms with Gasteiger partial charge in [-0.1, -0.05) is 53.5 Å². The summed E-state index contributed by atoms with van der Waals surface area (Å²) in [6.45, 7) is -0.287. The highest BCUT2D eigenvalue weighted by molar-refractivity contribution is 6.42. The van der Waals surface area contributed by atoms with Gasteiger partial charge in [0.05, 0.1) is 15.7 Å². The van der Waals surface area contributed by atoms with Crippen molar-refractivity contribution in [3.63, 3.8) is 0 Å². The summed E-state index contributed by atoms with van der Waals surface area (Å²) in [5.41, 5.74) is 2.22. The largest absolute Gasteiger partial charge is 0.480 e. The fourth-order valence-corrected chi connectivity index (χ4v) is 2.52. The molecular weight excluding hydrogens is 375 g/mol. The molecule has 0 amide bonds. The Labute approximate surface area is 159 Å². The lowest BCUT2D eigenvalue weighted by Gasteiger charge is -2.11. The first-order chi connectivity index (χ1) is 12.5. The Balaban J connectivity index is 1.95. The van der Waals surface area contributed by atoms with Crippen molar-refractivity contribution < 1.29 is 9.90 Å². The molecule has 6 nitrogen and oxygen atoms in total. The fraction of sp³-hybridized carbons (Fsp3) is 0.0556. The number of anilines is 3. The second kappa shape index (κ2) is 8.03. The predicted molar refractivity (Wildman–Crippen MR) is 103 cm³/mol. The number of nitrogens with one attached hydrogen (secondary N) is 2. The fourth-order valence-electron chi connectivity index (χ4n) is 2.22. The maximum atomic E-state index is 10.8. The van der Waals surface area contributed by atoms with Crippen LogP contribution in [0.5, 0.6) is 0 Å². The quantitative estimate of drug-likeness (QED) is 0.567. The number of carboxylic acids is 1. The van der Waals surface area contributed by atoms with Crippen LogP contribution in [-0.2, 0) is 4.79 Å². The molecule has 0 bridgehead atoms. The van der Waals surface area contributed by atoms with E-state index in [1.807, 2.05) is 30.3 Å². The molecule has 0 aliphatic heterocycles. The molecule has 0 saturated heterocycles. The van der Waals surface area contributed by atoms with E-state index in [-0.39, 0.29) is 12.5 Å². The first-order valence-electron chi connectivity index (χ1n) is 7.63. The summed E-state index contributed by atoms with van der Waals surface area (Å²) in [6, 6.07) is 16.4. The number of rotatable bonds is 6. The summed E-state index contributed by atoms with van der Waals surface area (Å²) < 4.78 is 0. The summed E-state index contributed by atoms with van der Waals surface area (Å²) in [4.78, 5) is 19.5. The first kappa shape index (κ1) is 18.0. The monoisotopic (exact) mass is 388 g/mol. The summed E-state index contributed by atoms with van der Waals surface area (Å²) in [5.74, 6) is -0.306. The second-order valence-corrected chi connectivity index (χ2v) is 6.14. The molecule has 0 fully saturated rings. The number of carbonyl (C=O) groups is 1. The number of halogens is 2. The van der Waals surface area contributed by atoms with E-state index in [9.17, 15) is 4.79 Å². The van der Waals surface area contributed by atoms with E-state index in [4.69, 9.17) is 28.3 Å². The molecule has 0 atom stereocenters. The number of hydrogen-bond donors (Lipinski definition) is 3. The Hall–Kier alpha value is -2.83. The van der Waals surface area contributed by atoms with Gasteiger partial charge in [-0.3, -0.25) is 4.79 Å². The van der Waals surface area contributed by atoms with E-state index in [1.54, 1.807) is 24.3 Å². The van der Waals surface area contributed by atoms with Crippen LogP contribution in [0.4, 0.5) is 17.5 Å². The van der Waals surface area contributed by atoms with Gasteiger partial charge in [0.15, 0.2) is 0 Å². The van der Waals surface area contributed by atoms with Gasteiger partial charge in [-0.2, -0.15) is 4.98 Å². The van der Waals surface area contributed by atoms with E-state index < -0.39 is 5.97 Å². The van der Waals surface area contributed by atoms with Crippen molar-refractivity contribution in [1.82, 2.24) is 9.97 Å². The van der Waals surface area contributed by atoms with Crippen molar-refractivity contribution in [2.75, 3.05) is 17.2 Å². The molecule has 3 aromatic rings. The van der Waals surface area contributed by atoms with Crippen LogP contribution in [0.2, 0.25) is 10.0 Å². The molecule has 1 aromatic heterocycles. The molecule has 0 saturated carbocycles. The Morgan fingerprint density at radius 1 is 1.00 bits per heavy atom. The molecule has 8 heteroatoms. The number of carboxylic acid groups (broad SMARTS) is 1. The molecule has 2 aromatic carbocycles. The molecule has 0 aliphatic rings. The van der Waals surface area contributed by atoms with Gasteiger partial charge in [-0.05, 0) is 18.2 Å². The van der Waals surface area contributed by atoms with E-state index >= 15 is 0 Å². The maximum Gasteiger partial charge on any atom is 0.322 e. The minimum atomic E-state index is -1.00. The highest BCUT2D eigenvalue weighted by atomic mass is 35.5. The van der Waals surface area contributed by atoms with Crippen LogP contribution in [-0.4, -0.2) is 27.6 Å². The average molecular weight is 389 g/mol. The molecule has 1 heterocycles. The number of aliphatic carboxylic acids is 1.